The van der Waals surface area contributed by atoms with Gasteiger partial charge in [0.25, 0.3) is 10.0 Å². The third-order valence-electron chi connectivity index (χ3n) is 6.24. The van der Waals surface area contributed by atoms with Crippen molar-refractivity contribution < 1.29 is 17.9 Å². The number of aromatic nitrogens is 1. The van der Waals surface area contributed by atoms with Gasteiger partial charge in [0.1, 0.15) is 10.7 Å². The molecule has 1 heterocycles. The minimum Gasteiger partial charge on any atom is -0.392 e. The van der Waals surface area contributed by atoms with Crippen LogP contribution >= 0.6 is 22.9 Å². The summed E-state index contributed by atoms with van der Waals surface area (Å²) in [6.07, 6.45) is 7.30. The van der Waals surface area contributed by atoms with E-state index in [-0.39, 0.29) is 28.3 Å². The Morgan fingerprint density at radius 1 is 1.31 bits per heavy atom. The number of hydrogen-bond donors (Lipinski definition) is 3. The van der Waals surface area contributed by atoms with Crippen LogP contribution in [0.2, 0.25) is 5.02 Å². The van der Waals surface area contributed by atoms with E-state index in [1.54, 1.807) is 5.38 Å². The molecule has 4 rings (SSSR count). The van der Waals surface area contributed by atoms with Crippen molar-refractivity contribution in [3.63, 3.8) is 0 Å². The quantitative estimate of drug-likeness (QED) is 0.476. The number of nitrogens with zero attached hydrogens (tertiary/aromatic N) is 2. The van der Waals surface area contributed by atoms with Crippen molar-refractivity contribution in [3.8, 4) is 0 Å². The number of thiazole rings is 1. The Balaban J connectivity index is 1.49. The summed E-state index contributed by atoms with van der Waals surface area (Å²) < 4.78 is 42.3. The number of sulfonamides is 1. The van der Waals surface area contributed by atoms with Gasteiger partial charge in [-0.05, 0) is 50.8 Å². The van der Waals surface area contributed by atoms with E-state index in [0.717, 1.165) is 62.0 Å². The van der Waals surface area contributed by atoms with E-state index in [1.807, 2.05) is 7.05 Å². The number of anilines is 2. The third kappa shape index (κ3) is 5.53. The van der Waals surface area contributed by atoms with E-state index in [0.29, 0.717) is 18.2 Å². The second-order valence-electron chi connectivity index (χ2n) is 8.65. The molecule has 1 unspecified atom stereocenters. The van der Waals surface area contributed by atoms with Crippen molar-refractivity contribution in [2.75, 3.05) is 23.6 Å². The van der Waals surface area contributed by atoms with Crippen molar-refractivity contribution >= 4 is 43.8 Å². The van der Waals surface area contributed by atoms with Crippen molar-refractivity contribution in [3.05, 3.63) is 34.5 Å². The average molecular weight is 503 g/mol. The minimum atomic E-state index is -4.15. The molecule has 2 saturated carbocycles. The molecular weight excluding hydrogens is 475 g/mol. The molecule has 32 heavy (non-hydrogen) atoms. The smallest absolute Gasteiger partial charge is 0.266 e. The van der Waals surface area contributed by atoms with Crippen LogP contribution in [-0.2, 0) is 10.0 Å². The first-order chi connectivity index (χ1) is 15.2. The zero-order chi connectivity index (χ0) is 22.9. The molecular formula is C21H28ClFN4O3S2. The van der Waals surface area contributed by atoms with Gasteiger partial charge in [0.2, 0.25) is 0 Å². The molecule has 3 atom stereocenters. The topological polar surface area (TPSA) is 94.6 Å². The molecule has 2 fully saturated rings. The van der Waals surface area contributed by atoms with Crippen LogP contribution in [0, 0.1) is 11.7 Å². The minimum absolute atomic E-state index is 0.0213. The Morgan fingerprint density at radius 3 is 2.75 bits per heavy atom. The van der Waals surface area contributed by atoms with E-state index in [2.05, 4.69) is 19.9 Å². The molecule has 2 aliphatic carbocycles. The fourth-order valence-corrected chi connectivity index (χ4v) is 6.51. The van der Waals surface area contributed by atoms with E-state index in [1.165, 1.54) is 6.20 Å². The van der Waals surface area contributed by atoms with E-state index < -0.39 is 20.7 Å². The monoisotopic (exact) mass is 502 g/mol. The predicted molar refractivity (Wildman–Crippen MR) is 125 cm³/mol. The molecule has 3 N–H and O–H groups in total. The lowest BCUT2D eigenvalue weighted by Gasteiger charge is -2.39. The molecule has 0 radical (unpaired) electrons. The molecule has 176 valence electrons. The lowest BCUT2D eigenvalue weighted by atomic mass is 9.89. The maximum Gasteiger partial charge on any atom is 0.266 e. The summed E-state index contributed by atoms with van der Waals surface area (Å²) in [4.78, 5) is 5.53. The molecule has 0 bridgehead atoms. The Morgan fingerprint density at radius 2 is 2.06 bits per heavy atom. The Labute approximate surface area is 197 Å². The van der Waals surface area contributed by atoms with E-state index >= 15 is 0 Å². The second kappa shape index (κ2) is 9.80. The van der Waals surface area contributed by atoms with Crippen LogP contribution in [-0.4, -0.2) is 55.2 Å². The first-order valence-corrected chi connectivity index (χ1v) is 13.5. The van der Waals surface area contributed by atoms with Crippen LogP contribution < -0.4 is 10.0 Å². The summed E-state index contributed by atoms with van der Waals surface area (Å²) in [5.74, 6) is -0.478. The van der Waals surface area contributed by atoms with Gasteiger partial charge in [-0.3, -0.25) is 9.62 Å². The second-order valence-corrected chi connectivity index (χ2v) is 11.6. The molecule has 11 heteroatoms. The Hall–Kier alpha value is -1.46. The number of nitrogens with one attached hydrogen (secondary N) is 2. The Kier molecular flexibility index (Phi) is 7.26. The summed E-state index contributed by atoms with van der Waals surface area (Å²) >= 11 is 7.48. The van der Waals surface area contributed by atoms with Gasteiger partial charge in [0, 0.05) is 30.2 Å². The molecule has 0 amide bonds. The van der Waals surface area contributed by atoms with Gasteiger partial charge in [0.15, 0.2) is 5.13 Å². The van der Waals surface area contributed by atoms with Crippen LogP contribution in [0.25, 0.3) is 0 Å². The molecule has 0 saturated heterocycles. The highest BCUT2D eigenvalue weighted by Gasteiger charge is 2.34. The number of aliphatic hydroxyl groups excluding tert-OH is 1. The van der Waals surface area contributed by atoms with Gasteiger partial charge in [-0.2, -0.15) is 0 Å². The standard InChI is InChI=1S/C21H28ClFN4O3S2/c1-27(12-19(28)13-6-7-13)18-5-3-2-4-16(18)25-17-11-15(23)20(10-14(17)22)32(29,30)26-21-24-8-9-31-21/h8-11,13,16,18-19,25,28H,2-7,12H2,1H3,(H,24,26)/t16-,18-,19?/m0/s1. The molecule has 2 aliphatic rings. The van der Waals surface area contributed by atoms with Gasteiger partial charge in [-0.25, -0.2) is 17.8 Å². The van der Waals surface area contributed by atoms with Gasteiger partial charge in [-0.15, -0.1) is 11.3 Å². The first-order valence-electron chi connectivity index (χ1n) is 10.8. The molecule has 0 aliphatic heterocycles. The third-order valence-corrected chi connectivity index (χ3v) is 8.73. The van der Waals surface area contributed by atoms with Crippen molar-refractivity contribution in [2.45, 2.75) is 61.6 Å². The predicted octanol–water partition coefficient (Wildman–Crippen LogP) is 4.16. The molecule has 7 nitrogen and oxygen atoms in total. The Bertz CT molecular complexity index is 1030. The number of benzene rings is 1. The molecule has 2 aromatic rings. The number of likely N-dealkylation sites (N-methyl/N-ethyl adjacent to an activating group) is 1. The van der Waals surface area contributed by atoms with Gasteiger partial charge in [0.05, 0.1) is 16.8 Å². The molecule has 1 aromatic heterocycles. The number of aliphatic hydroxyl groups is 1. The fourth-order valence-electron chi connectivity index (χ4n) is 4.36. The van der Waals surface area contributed by atoms with Gasteiger partial charge < -0.3 is 10.4 Å². The van der Waals surface area contributed by atoms with Crippen LogP contribution in [0.5, 0.6) is 0 Å². The molecule has 1 aromatic carbocycles. The van der Waals surface area contributed by atoms with Crippen LogP contribution in [0.3, 0.4) is 0 Å². The number of halogens is 2. The zero-order valence-electron chi connectivity index (χ0n) is 17.8. The first kappa shape index (κ1) is 23.7. The maximum absolute atomic E-state index is 14.9. The molecule has 0 spiro atoms. The van der Waals surface area contributed by atoms with Crippen molar-refractivity contribution in [2.24, 2.45) is 5.92 Å². The normalized spacial score (nSPS) is 22.7. The highest BCUT2D eigenvalue weighted by atomic mass is 35.5. The fraction of sp³-hybridized carbons (Fsp3) is 0.571. The lowest BCUT2D eigenvalue weighted by Crippen LogP contribution is -2.49. The lowest BCUT2D eigenvalue weighted by molar-refractivity contribution is 0.0735. The maximum atomic E-state index is 14.9. The van der Waals surface area contributed by atoms with E-state index in [9.17, 15) is 17.9 Å². The highest BCUT2D eigenvalue weighted by molar-refractivity contribution is 7.93. The van der Waals surface area contributed by atoms with Crippen molar-refractivity contribution in [1.29, 1.82) is 0 Å². The van der Waals surface area contributed by atoms with Gasteiger partial charge >= 0.3 is 0 Å². The summed E-state index contributed by atoms with van der Waals surface area (Å²) in [6, 6.07) is 2.47. The number of rotatable bonds is 9. The zero-order valence-corrected chi connectivity index (χ0v) is 20.2. The van der Waals surface area contributed by atoms with Crippen LogP contribution in [0.4, 0.5) is 15.2 Å². The van der Waals surface area contributed by atoms with Gasteiger partial charge in [-0.1, -0.05) is 24.4 Å². The summed E-state index contributed by atoms with van der Waals surface area (Å²) in [5.41, 5.74) is 0.366. The summed E-state index contributed by atoms with van der Waals surface area (Å²) in [6.45, 7) is 0.606. The van der Waals surface area contributed by atoms with E-state index in [4.69, 9.17) is 11.6 Å². The van der Waals surface area contributed by atoms with Crippen molar-refractivity contribution in [1.82, 2.24) is 9.88 Å². The number of hydrogen-bond acceptors (Lipinski definition) is 7. The SMILES string of the molecule is CN(CC(O)C1CC1)[C@H]1CCCC[C@@H]1Nc1cc(F)c(S(=O)(=O)Nc2nccs2)cc1Cl. The van der Waals surface area contributed by atoms with Crippen LogP contribution in [0.1, 0.15) is 38.5 Å². The largest absolute Gasteiger partial charge is 0.392 e. The average Bonchev–Trinajstić information content (AvgIpc) is 3.48. The summed E-state index contributed by atoms with van der Waals surface area (Å²) in [7, 11) is -2.14. The van der Waals surface area contributed by atoms with Crippen LogP contribution in [0.15, 0.2) is 28.6 Å². The summed E-state index contributed by atoms with van der Waals surface area (Å²) in [5, 5.41) is 15.6. The highest BCUT2D eigenvalue weighted by Crippen LogP contribution is 2.35.